The van der Waals surface area contributed by atoms with Crippen LogP contribution in [0.1, 0.15) is 0 Å². The van der Waals surface area contributed by atoms with Crippen molar-refractivity contribution in [2.75, 3.05) is 6.61 Å². The van der Waals surface area contributed by atoms with Crippen LogP contribution in [0.5, 0.6) is 0 Å². The third kappa shape index (κ3) is 0.951. The Morgan fingerprint density at radius 2 is 2.25 bits per heavy atom. The molecular formula is C4H6O2S2. The van der Waals surface area contributed by atoms with Crippen LogP contribution in [0.25, 0.3) is 0 Å². The smallest absolute Gasteiger partial charge is 0.320 e. The minimum Gasteiger partial charge on any atom is -0.464 e. The Morgan fingerprint density at radius 3 is 2.38 bits per heavy atom. The van der Waals surface area contributed by atoms with Crippen LogP contribution in [-0.2, 0) is 9.53 Å². The van der Waals surface area contributed by atoms with Gasteiger partial charge in [0.05, 0.1) is 5.25 Å². The monoisotopic (exact) mass is 150 g/mol. The highest BCUT2D eigenvalue weighted by molar-refractivity contribution is 7.85. The van der Waals surface area contributed by atoms with Gasteiger partial charge in [-0.1, -0.05) is 0 Å². The molecule has 0 aromatic heterocycles. The molecule has 8 heavy (non-hydrogen) atoms. The molecule has 0 aromatic rings. The molecule has 0 radical (unpaired) electrons. The maximum atomic E-state index is 10.4. The summed E-state index contributed by atoms with van der Waals surface area (Å²) in [6.07, 6.45) is 0. The molecular weight excluding hydrogens is 144 g/mol. The molecule has 0 spiro atoms. The number of hydrogen-bond acceptors (Lipinski definition) is 4. The number of carbonyl (C=O) groups excluding carboxylic acids is 1. The van der Waals surface area contributed by atoms with Gasteiger partial charge in [0.25, 0.3) is 0 Å². The molecule has 0 amide bonds. The van der Waals surface area contributed by atoms with Crippen molar-refractivity contribution in [2.45, 2.75) is 10.5 Å². The molecule has 1 fully saturated rings. The molecule has 46 valence electrons. The zero-order valence-corrected chi connectivity index (χ0v) is 5.86. The van der Waals surface area contributed by atoms with Crippen LogP contribution in [0.3, 0.4) is 0 Å². The standard InChI is InChI=1S/C4H6O2S2/c5-4-3(8)2(7)1-6-4/h2-3,7-8H,1H2. The van der Waals surface area contributed by atoms with E-state index in [-0.39, 0.29) is 16.5 Å². The highest BCUT2D eigenvalue weighted by Gasteiger charge is 2.30. The predicted molar refractivity (Wildman–Crippen MR) is 36.5 cm³/mol. The summed E-state index contributed by atoms with van der Waals surface area (Å²) < 4.78 is 4.59. The van der Waals surface area contributed by atoms with Gasteiger partial charge in [0, 0.05) is 0 Å². The van der Waals surface area contributed by atoms with Gasteiger partial charge in [-0.05, 0) is 0 Å². The number of ether oxygens (including phenoxy) is 1. The lowest BCUT2D eigenvalue weighted by molar-refractivity contribution is -0.137. The molecule has 1 aliphatic rings. The Hall–Kier alpha value is 0.170. The molecule has 0 aliphatic carbocycles. The highest BCUT2D eigenvalue weighted by Crippen LogP contribution is 2.17. The summed E-state index contributed by atoms with van der Waals surface area (Å²) in [5.41, 5.74) is 0. The first-order valence-corrected chi connectivity index (χ1v) is 3.28. The van der Waals surface area contributed by atoms with E-state index >= 15 is 0 Å². The summed E-state index contributed by atoms with van der Waals surface area (Å²) in [5.74, 6) is -0.256. The molecule has 1 aliphatic heterocycles. The molecule has 2 atom stereocenters. The Morgan fingerprint density at radius 1 is 1.62 bits per heavy atom. The summed E-state index contributed by atoms with van der Waals surface area (Å²) in [7, 11) is 0. The van der Waals surface area contributed by atoms with Gasteiger partial charge in [0.15, 0.2) is 0 Å². The summed E-state index contributed by atoms with van der Waals surface area (Å²) in [6.45, 7) is 0.399. The number of hydrogen-bond donors (Lipinski definition) is 2. The number of cyclic esters (lactones) is 1. The van der Waals surface area contributed by atoms with Gasteiger partial charge in [0.2, 0.25) is 0 Å². The van der Waals surface area contributed by atoms with E-state index in [1.807, 2.05) is 0 Å². The molecule has 2 unspecified atom stereocenters. The second kappa shape index (κ2) is 2.19. The van der Waals surface area contributed by atoms with Crippen molar-refractivity contribution in [3.05, 3.63) is 0 Å². The third-order valence-corrected chi connectivity index (χ3v) is 2.26. The lowest BCUT2D eigenvalue weighted by Gasteiger charge is -1.96. The zero-order valence-electron chi connectivity index (χ0n) is 4.07. The molecule has 0 N–H and O–H groups in total. The summed E-state index contributed by atoms with van der Waals surface area (Å²) in [5, 5.41) is -0.343. The molecule has 4 heteroatoms. The minimum absolute atomic E-state index is 0.0224. The Balaban J connectivity index is 2.56. The van der Waals surface area contributed by atoms with E-state index < -0.39 is 0 Å². The van der Waals surface area contributed by atoms with Gasteiger partial charge >= 0.3 is 5.97 Å². The van der Waals surface area contributed by atoms with Gasteiger partial charge < -0.3 is 4.74 Å². The Kier molecular flexibility index (Phi) is 1.72. The average Bonchev–Trinajstić information content (AvgIpc) is 1.98. The molecule has 1 saturated heterocycles. The van der Waals surface area contributed by atoms with Gasteiger partial charge in [-0.3, -0.25) is 4.79 Å². The minimum atomic E-state index is -0.321. The van der Waals surface area contributed by atoms with Crippen molar-refractivity contribution in [3.63, 3.8) is 0 Å². The Labute approximate surface area is 58.4 Å². The van der Waals surface area contributed by atoms with Crippen LogP contribution in [0, 0.1) is 0 Å². The second-order valence-corrected chi connectivity index (χ2v) is 2.86. The van der Waals surface area contributed by atoms with Crippen molar-refractivity contribution < 1.29 is 9.53 Å². The van der Waals surface area contributed by atoms with Crippen molar-refractivity contribution >= 4 is 31.2 Å². The lowest BCUT2D eigenvalue weighted by atomic mass is 10.3. The molecule has 0 aromatic carbocycles. The Bertz CT molecular complexity index is 115. The first-order chi connectivity index (χ1) is 3.72. The van der Waals surface area contributed by atoms with Gasteiger partial charge in [0.1, 0.15) is 11.9 Å². The SMILES string of the molecule is O=C1OCC(S)C1S. The van der Waals surface area contributed by atoms with Gasteiger partial charge in [-0.2, -0.15) is 25.3 Å². The van der Waals surface area contributed by atoms with E-state index in [1.165, 1.54) is 0 Å². The van der Waals surface area contributed by atoms with Crippen LogP contribution >= 0.6 is 25.3 Å². The van der Waals surface area contributed by atoms with Crippen LogP contribution < -0.4 is 0 Å². The quantitative estimate of drug-likeness (QED) is 0.379. The molecule has 1 rings (SSSR count). The van der Waals surface area contributed by atoms with Crippen LogP contribution in [-0.4, -0.2) is 23.1 Å². The number of esters is 1. The average molecular weight is 150 g/mol. The van der Waals surface area contributed by atoms with Crippen LogP contribution in [0.4, 0.5) is 0 Å². The summed E-state index contributed by atoms with van der Waals surface area (Å²) in [6, 6.07) is 0. The topological polar surface area (TPSA) is 26.3 Å². The van der Waals surface area contributed by atoms with E-state index in [0.29, 0.717) is 6.61 Å². The van der Waals surface area contributed by atoms with Crippen molar-refractivity contribution in [1.82, 2.24) is 0 Å². The van der Waals surface area contributed by atoms with E-state index in [0.717, 1.165) is 0 Å². The van der Waals surface area contributed by atoms with Crippen molar-refractivity contribution in [1.29, 1.82) is 0 Å². The first kappa shape index (κ1) is 6.29. The lowest BCUT2D eigenvalue weighted by Crippen LogP contribution is -2.14. The third-order valence-electron chi connectivity index (χ3n) is 1.00. The number of rotatable bonds is 0. The largest absolute Gasteiger partial charge is 0.464 e. The summed E-state index contributed by atoms with van der Waals surface area (Å²) in [4.78, 5) is 10.4. The maximum absolute atomic E-state index is 10.4. The molecule has 2 nitrogen and oxygen atoms in total. The van der Waals surface area contributed by atoms with Gasteiger partial charge in [-0.25, -0.2) is 0 Å². The molecule has 0 saturated carbocycles. The van der Waals surface area contributed by atoms with E-state index in [9.17, 15) is 4.79 Å². The van der Waals surface area contributed by atoms with E-state index in [1.54, 1.807) is 0 Å². The van der Waals surface area contributed by atoms with Crippen molar-refractivity contribution in [2.24, 2.45) is 0 Å². The van der Waals surface area contributed by atoms with Crippen LogP contribution in [0.2, 0.25) is 0 Å². The van der Waals surface area contributed by atoms with E-state index in [4.69, 9.17) is 0 Å². The second-order valence-electron chi connectivity index (χ2n) is 1.64. The summed E-state index contributed by atoms with van der Waals surface area (Å²) >= 11 is 7.96. The fraction of sp³-hybridized carbons (Fsp3) is 0.750. The maximum Gasteiger partial charge on any atom is 0.320 e. The highest BCUT2D eigenvalue weighted by atomic mass is 32.1. The van der Waals surface area contributed by atoms with Crippen molar-refractivity contribution in [3.8, 4) is 0 Å². The van der Waals surface area contributed by atoms with Crippen LogP contribution in [0.15, 0.2) is 0 Å². The van der Waals surface area contributed by atoms with Gasteiger partial charge in [-0.15, -0.1) is 0 Å². The number of thiol groups is 2. The molecule has 0 bridgehead atoms. The molecule has 1 heterocycles. The fourth-order valence-corrected chi connectivity index (χ4v) is 0.858. The predicted octanol–water partition coefficient (Wildman–Crippen LogP) is 0.140. The number of carbonyl (C=O) groups is 1. The van der Waals surface area contributed by atoms with E-state index in [2.05, 4.69) is 30.0 Å². The first-order valence-electron chi connectivity index (χ1n) is 2.24. The fourth-order valence-electron chi connectivity index (χ4n) is 0.501. The normalized spacial score (nSPS) is 37.5. The zero-order chi connectivity index (χ0) is 6.15.